The van der Waals surface area contributed by atoms with Crippen LogP contribution in [0.4, 0.5) is 5.69 Å². The summed E-state index contributed by atoms with van der Waals surface area (Å²) in [6, 6.07) is 7.28. The lowest BCUT2D eigenvalue weighted by Crippen LogP contribution is -2.41. The molecule has 5 nitrogen and oxygen atoms in total. The fourth-order valence-electron chi connectivity index (χ4n) is 2.67. The van der Waals surface area contributed by atoms with Crippen molar-refractivity contribution in [3.8, 4) is 0 Å². The maximum absolute atomic E-state index is 12.9. The zero-order chi connectivity index (χ0) is 18.4. The van der Waals surface area contributed by atoms with Gasteiger partial charge in [-0.3, -0.25) is 9.59 Å². The van der Waals surface area contributed by atoms with E-state index in [9.17, 15) is 9.59 Å². The zero-order valence-electron chi connectivity index (χ0n) is 15.2. The molecule has 1 aliphatic heterocycles. The standard InChI is InChI=1S/C19H27N3O2S/c1-19(2,3)17(24)21-18(25)20-15-11-7-6-10-14(15)16(23)22-12-8-4-5-9-13-22/h6-7,10-11H,4-5,8-9,12-13H2,1-3H3,(H2,20,21,24,25). The van der Waals surface area contributed by atoms with Gasteiger partial charge in [-0.2, -0.15) is 0 Å². The molecule has 1 aliphatic rings. The Hall–Kier alpha value is -1.95. The number of nitrogens with one attached hydrogen (secondary N) is 2. The van der Waals surface area contributed by atoms with E-state index in [2.05, 4.69) is 10.6 Å². The number of anilines is 1. The summed E-state index contributed by atoms with van der Waals surface area (Å²) in [4.78, 5) is 26.9. The molecule has 0 aromatic heterocycles. The lowest BCUT2D eigenvalue weighted by molar-refractivity contribution is -0.126. The van der Waals surface area contributed by atoms with Crippen LogP contribution in [0.3, 0.4) is 0 Å². The Morgan fingerprint density at radius 1 is 1.04 bits per heavy atom. The largest absolute Gasteiger partial charge is 0.339 e. The monoisotopic (exact) mass is 361 g/mol. The van der Waals surface area contributed by atoms with Crippen LogP contribution in [0.1, 0.15) is 56.8 Å². The van der Waals surface area contributed by atoms with Gasteiger partial charge in [-0.1, -0.05) is 45.7 Å². The molecule has 136 valence electrons. The summed E-state index contributed by atoms with van der Waals surface area (Å²) >= 11 is 5.24. The molecule has 0 aliphatic carbocycles. The molecule has 2 rings (SSSR count). The fourth-order valence-corrected chi connectivity index (χ4v) is 2.87. The van der Waals surface area contributed by atoms with Gasteiger partial charge in [0, 0.05) is 18.5 Å². The molecule has 1 saturated heterocycles. The molecule has 2 N–H and O–H groups in total. The van der Waals surface area contributed by atoms with E-state index in [1.54, 1.807) is 12.1 Å². The van der Waals surface area contributed by atoms with Crippen LogP contribution in [0, 0.1) is 5.41 Å². The maximum atomic E-state index is 12.9. The Balaban J connectivity index is 2.10. The van der Waals surface area contributed by atoms with Gasteiger partial charge in [-0.25, -0.2) is 0 Å². The van der Waals surface area contributed by atoms with E-state index in [1.165, 1.54) is 12.8 Å². The second-order valence-electron chi connectivity index (χ2n) is 7.41. The molecule has 6 heteroatoms. The van der Waals surface area contributed by atoms with Crippen LogP contribution in [0.5, 0.6) is 0 Å². The van der Waals surface area contributed by atoms with E-state index in [0.29, 0.717) is 11.3 Å². The molecule has 1 aromatic carbocycles. The minimum absolute atomic E-state index is 0.00921. The number of amides is 2. The predicted octanol–water partition coefficient (Wildman–Crippen LogP) is 3.56. The van der Waals surface area contributed by atoms with Crippen molar-refractivity contribution in [3.05, 3.63) is 29.8 Å². The van der Waals surface area contributed by atoms with Gasteiger partial charge in [0.1, 0.15) is 0 Å². The molecule has 1 heterocycles. The van der Waals surface area contributed by atoms with Gasteiger partial charge in [0.05, 0.1) is 11.3 Å². The number of thiocarbonyl (C=S) groups is 1. The van der Waals surface area contributed by atoms with Crippen molar-refractivity contribution in [1.82, 2.24) is 10.2 Å². The summed E-state index contributed by atoms with van der Waals surface area (Å²) in [6.45, 7) is 7.04. The zero-order valence-corrected chi connectivity index (χ0v) is 16.0. The van der Waals surface area contributed by atoms with Crippen LogP contribution in [0.15, 0.2) is 24.3 Å². The summed E-state index contributed by atoms with van der Waals surface area (Å²) in [5.41, 5.74) is 0.667. The average Bonchev–Trinajstić information content (AvgIpc) is 2.83. The molecular weight excluding hydrogens is 334 g/mol. The van der Waals surface area contributed by atoms with Gasteiger partial charge in [-0.15, -0.1) is 0 Å². The predicted molar refractivity (Wildman–Crippen MR) is 105 cm³/mol. The second-order valence-corrected chi connectivity index (χ2v) is 7.82. The highest BCUT2D eigenvalue weighted by molar-refractivity contribution is 7.80. The summed E-state index contributed by atoms with van der Waals surface area (Å²) in [5, 5.41) is 5.89. The second kappa shape index (κ2) is 8.43. The quantitative estimate of drug-likeness (QED) is 0.791. The number of hydrogen-bond donors (Lipinski definition) is 2. The number of likely N-dealkylation sites (tertiary alicyclic amines) is 1. The molecule has 2 amide bonds. The van der Waals surface area contributed by atoms with Crippen molar-refractivity contribution < 1.29 is 9.59 Å². The summed E-state index contributed by atoms with van der Waals surface area (Å²) in [7, 11) is 0. The van der Waals surface area contributed by atoms with Crippen molar-refractivity contribution in [1.29, 1.82) is 0 Å². The van der Waals surface area contributed by atoms with Gasteiger partial charge >= 0.3 is 0 Å². The van der Waals surface area contributed by atoms with Crippen LogP contribution in [0.25, 0.3) is 0 Å². The van der Waals surface area contributed by atoms with Gasteiger partial charge in [-0.05, 0) is 37.2 Å². The van der Waals surface area contributed by atoms with Crippen LogP contribution in [-0.2, 0) is 4.79 Å². The normalized spacial score (nSPS) is 15.2. The van der Waals surface area contributed by atoms with E-state index in [0.717, 1.165) is 25.9 Å². The highest BCUT2D eigenvalue weighted by Gasteiger charge is 2.23. The Kier molecular flexibility index (Phi) is 6.53. The Morgan fingerprint density at radius 2 is 1.64 bits per heavy atom. The highest BCUT2D eigenvalue weighted by Crippen LogP contribution is 2.20. The van der Waals surface area contributed by atoms with Crippen molar-refractivity contribution in [2.45, 2.75) is 46.5 Å². The first kappa shape index (κ1) is 19.4. The average molecular weight is 362 g/mol. The smallest absolute Gasteiger partial charge is 0.255 e. The molecule has 0 radical (unpaired) electrons. The van der Waals surface area contributed by atoms with Crippen LogP contribution < -0.4 is 10.6 Å². The van der Waals surface area contributed by atoms with Crippen molar-refractivity contribution in [2.24, 2.45) is 5.41 Å². The number of hydrogen-bond acceptors (Lipinski definition) is 3. The SMILES string of the molecule is CC(C)(C)C(=O)NC(=S)Nc1ccccc1C(=O)N1CCCCCC1. The summed E-state index contributed by atoms with van der Waals surface area (Å²) in [5.74, 6) is -0.156. The molecule has 25 heavy (non-hydrogen) atoms. The topological polar surface area (TPSA) is 61.4 Å². The third kappa shape index (κ3) is 5.53. The van der Waals surface area contributed by atoms with Gasteiger partial charge in [0.25, 0.3) is 5.91 Å². The van der Waals surface area contributed by atoms with E-state index >= 15 is 0 Å². The van der Waals surface area contributed by atoms with E-state index in [1.807, 2.05) is 37.8 Å². The first-order chi connectivity index (χ1) is 11.8. The van der Waals surface area contributed by atoms with Crippen LogP contribution >= 0.6 is 12.2 Å². The first-order valence-corrected chi connectivity index (χ1v) is 9.20. The number of rotatable bonds is 2. The summed E-state index contributed by atoms with van der Waals surface area (Å²) in [6.07, 6.45) is 4.43. The first-order valence-electron chi connectivity index (χ1n) is 8.80. The highest BCUT2D eigenvalue weighted by atomic mass is 32.1. The summed E-state index contributed by atoms with van der Waals surface area (Å²) < 4.78 is 0. The van der Waals surface area contributed by atoms with E-state index < -0.39 is 5.41 Å². The number of para-hydroxylation sites is 1. The fraction of sp³-hybridized carbons (Fsp3) is 0.526. The Morgan fingerprint density at radius 3 is 2.24 bits per heavy atom. The Labute approximate surface area is 155 Å². The van der Waals surface area contributed by atoms with Gasteiger partial charge in [0.2, 0.25) is 5.91 Å². The van der Waals surface area contributed by atoms with E-state index in [4.69, 9.17) is 12.2 Å². The number of carbonyl (C=O) groups is 2. The Bertz CT molecular complexity index is 644. The molecule has 0 spiro atoms. The van der Waals surface area contributed by atoms with Crippen LogP contribution in [0.2, 0.25) is 0 Å². The maximum Gasteiger partial charge on any atom is 0.255 e. The van der Waals surface area contributed by atoms with Gasteiger partial charge < -0.3 is 15.5 Å². The van der Waals surface area contributed by atoms with Gasteiger partial charge in [0.15, 0.2) is 5.11 Å². The number of nitrogens with zero attached hydrogens (tertiary/aromatic N) is 1. The lowest BCUT2D eigenvalue weighted by atomic mass is 9.96. The lowest BCUT2D eigenvalue weighted by Gasteiger charge is -2.23. The van der Waals surface area contributed by atoms with Crippen molar-refractivity contribution in [2.75, 3.05) is 18.4 Å². The van der Waals surface area contributed by atoms with Crippen molar-refractivity contribution >= 4 is 34.8 Å². The van der Waals surface area contributed by atoms with Crippen LogP contribution in [-0.4, -0.2) is 34.9 Å². The number of benzene rings is 1. The third-order valence-electron chi connectivity index (χ3n) is 4.21. The molecule has 1 aromatic rings. The molecule has 0 atom stereocenters. The minimum Gasteiger partial charge on any atom is -0.339 e. The molecule has 0 saturated carbocycles. The third-order valence-corrected chi connectivity index (χ3v) is 4.41. The van der Waals surface area contributed by atoms with E-state index in [-0.39, 0.29) is 16.9 Å². The molecule has 0 unspecified atom stereocenters. The van der Waals surface area contributed by atoms with Crippen molar-refractivity contribution in [3.63, 3.8) is 0 Å². The molecule has 0 bridgehead atoms. The molecule has 1 fully saturated rings. The molecular formula is C19H27N3O2S. The minimum atomic E-state index is -0.535. The number of carbonyl (C=O) groups excluding carboxylic acids is 2.